The van der Waals surface area contributed by atoms with Gasteiger partial charge >= 0.3 is 0 Å². The summed E-state index contributed by atoms with van der Waals surface area (Å²) in [5.74, 6) is 0.326. The predicted molar refractivity (Wildman–Crippen MR) is 79.0 cm³/mol. The van der Waals surface area contributed by atoms with E-state index in [1.165, 1.54) is 6.20 Å². The lowest BCUT2D eigenvalue weighted by Crippen LogP contribution is -2.16. The fourth-order valence-corrected chi connectivity index (χ4v) is 3.47. The lowest BCUT2D eigenvalue weighted by Gasteiger charge is -2.14. The first-order valence-electron chi connectivity index (χ1n) is 6.41. The number of aryl methyl sites for hydroxylation is 1. The summed E-state index contributed by atoms with van der Waals surface area (Å²) in [4.78, 5) is 0.228. The van der Waals surface area contributed by atoms with E-state index in [0.29, 0.717) is 23.5 Å². The van der Waals surface area contributed by atoms with Crippen LogP contribution in [0.5, 0.6) is 0 Å². The van der Waals surface area contributed by atoms with E-state index in [9.17, 15) is 8.42 Å². The van der Waals surface area contributed by atoms with Crippen molar-refractivity contribution in [3.8, 4) is 0 Å². The van der Waals surface area contributed by atoms with Crippen molar-refractivity contribution in [2.75, 3.05) is 10.5 Å². The van der Waals surface area contributed by atoms with Crippen LogP contribution >= 0.6 is 0 Å². The number of hydrogen-bond acceptors (Lipinski definition) is 4. The zero-order chi connectivity index (χ0) is 14.8. The zero-order valence-electron chi connectivity index (χ0n) is 11.5. The van der Waals surface area contributed by atoms with E-state index in [4.69, 9.17) is 5.73 Å². The van der Waals surface area contributed by atoms with Crippen LogP contribution in [0.2, 0.25) is 0 Å². The summed E-state index contributed by atoms with van der Waals surface area (Å²) in [6, 6.07) is 5.05. The summed E-state index contributed by atoms with van der Waals surface area (Å²) >= 11 is 0. The fraction of sp³-hybridized carbons (Fsp3) is 0.308. The highest BCUT2D eigenvalue weighted by Gasteiger charge is 2.21. The molecule has 0 aliphatic carbocycles. The van der Waals surface area contributed by atoms with Crippen molar-refractivity contribution in [3.63, 3.8) is 0 Å². The molecule has 2 aromatic rings. The molecule has 0 aliphatic rings. The topological polar surface area (TPSA) is 101 Å². The smallest absolute Gasteiger partial charge is 0.263 e. The number of nitrogen functional groups attached to an aromatic ring is 1. The van der Waals surface area contributed by atoms with Crippen LogP contribution in [-0.2, 0) is 22.9 Å². The molecule has 1 aromatic carbocycles. The highest BCUT2D eigenvalue weighted by atomic mass is 32.2. The van der Waals surface area contributed by atoms with E-state index in [1.807, 2.05) is 19.9 Å². The molecule has 2 rings (SSSR count). The highest BCUT2D eigenvalue weighted by Crippen LogP contribution is 2.26. The Morgan fingerprint density at radius 3 is 2.60 bits per heavy atom. The van der Waals surface area contributed by atoms with Gasteiger partial charge in [-0.3, -0.25) is 9.82 Å². The van der Waals surface area contributed by atoms with Crippen LogP contribution in [0.1, 0.15) is 25.0 Å². The van der Waals surface area contributed by atoms with Gasteiger partial charge in [-0.25, -0.2) is 8.42 Å². The van der Waals surface area contributed by atoms with E-state index in [-0.39, 0.29) is 4.90 Å². The van der Waals surface area contributed by atoms with Crippen molar-refractivity contribution in [3.05, 3.63) is 35.5 Å². The zero-order valence-corrected chi connectivity index (χ0v) is 12.3. The first-order chi connectivity index (χ1) is 9.47. The first kappa shape index (κ1) is 14.4. The molecule has 108 valence electrons. The minimum atomic E-state index is -3.68. The Morgan fingerprint density at radius 1 is 1.30 bits per heavy atom. The van der Waals surface area contributed by atoms with Crippen LogP contribution in [0.4, 0.5) is 11.5 Å². The van der Waals surface area contributed by atoms with E-state index in [0.717, 1.165) is 12.0 Å². The molecule has 6 nitrogen and oxygen atoms in total. The molecular formula is C13H18N4O2S. The largest absolute Gasteiger partial charge is 0.398 e. The third-order valence-corrected chi connectivity index (χ3v) is 4.53. The SMILES string of the molecule is CCc1cc(N)c(CC)c(S(=O)(=O)Nc2ccn[nH]2)c1. The molecule has 1 heterocycles. The standard InChI is InChI=1S/C13H18N4O2S/c1-3-9-7-11(14)10(4-2)12(8-9)20(18,19)17-13-5-6-15-16-13/h5-8H,3-4,14H2,1-2H3,(H2,15,16,17). The van der Waals surface area contributed by atoms with Gasteiger partial charge in [0.25, 0.3) is 10.0 Å². The van der Waals surface area contributed by atoms with Gasteiger partial charge < -0.3 is 5.73 Å². The lowest BCUT2D eigenvalue weighted by molar-refractivity contribution is 0.600. The van der Waals surface area contributed by atoms with Crippen molar-refractivity contribution >= 4 is 21.5 Å². The summed E-state index contributed by atoms with van der Waals surface area (Å²) in [6.45, 7) is 3.84. The summed E-state index contributed by atoms with van der Waals surface area (Å²) in [5.41, 5.74) is 8.00. The molecule has 0 spiro atoms. The highest BCUT2D eigenvalue weighted by molar-refractivity contribution is 7.92. The Morgan fingerprint density at radius 2 is 2.05 bits per heavy atom. The molecule has 20 heavy (non-hydrogen) atoms. The number of H-pyrrole nitrogens is 1. The number of nitrogens with zero attached hydrogens (tertiary/aromatic N) is 1. The molecule has 0 radical (unpaired) electrons. The molecule has 4 N–H and O–H groups in total. The summed E-state index contributed by atoms with van der Waals surface area (Å²) in [5, 5.41) is 6.29. The Bertz CT molecular complexity index is 693. The number of aromatic nitrogens is 2. The van der Waals surface area contributed by atoms with Crippen LogP contribution in [0.3, 0.4) is 0 Å². The Hall–Kier alpha value is -2.02. The van der Waals surface area contributed by atoms with Gasteiger partial charge in [0, 0.05) is 11.8 Å². The van der Waals surface area contributed by atoms with Gasteiger partial charge in [-0.05, 0) is 36.1 Å². The van der Waals surface area contributed by atoms with Gasteiger partial charge in [-0.15, -0.1) is 0 Å². The number of benzene rings is 1. The minimum absolute atomic E-state index is 0.228. The van der Waals surface area contributed by atoms with Crippen LogP contribution in [0, 0.1) is 0 Å². The Balaban J connectivity index is 2.52. The van der Waals surface area contributed by atoms with Gasteiger partial charge in [0.1, 0.15) is 5.82 Å². The molecule has 1 aromatic heterocycles. The number of sulfonamides is 1. The maximum absolute atomic E-state index is 12.5. The number of anilines is 2. The Kier molecular flexibility index (Phi) is 3.99. The molecular weight excluding hydrogens is 276 g/mol. The van der Waals surface area contributed by atoms with Crippen molar-refractivity contribution in [1.29, 1.82) is 0 Å². The Labute approximate surface area is 118 Å². The van der Waals surface area contributed by atoms with Crippen molar-refractivity contribution in [1.82, 2.24) is 10.2 Å². The minimum Gasteiger partial charge on any atom is -0.398 e. The second-order valence-corrected chi connectivity index (χ2v) is 6.10. The van der Waals surface area contributed by atoms with Gasteiger partial charge in [-0.1, -0.05) is 13.8 Å². The van der Waals surface area contributed by atoms with Gasteiger partial charge in [0.2, 0.25) is 0 Å². The molecule has 0 atom stereocenters. The monoisotopic (exact) mass is 294 g/mol. The first-order valence-corrected chi connectivity index (χ1v) is 7.89. The molecule has 0 saturated carbocycles. The number of nitrogens with one attached hydrogen (secondary N) is 2. The van der Waals surface area contributed by atoms with Crippen molar-refractivity contribution in [2.24, 2.45) is 0 Å². The van der Waals surface area contributed by atoms with Crippen LogP contribution in [0.25, 0.3) is 0 Å². The maximum Gasteiger partial charge on any atom is 0.263 e. The lowest BCUT2D eigenvalue weighted by atomic mass is 10.1. The van der Waals surface area contributed by atoms with Gasteiger partial charge in [0.15, 0.2) is 0 Å². The maximum atomic E-state index is 12.5. The average molecular weight is 294 g/mol. The summed E-state index contributed by atoms with van der Waals surface area (Å²) in [7, 11) is -3.68. The quantitative estimate of drug-likeness (QED) is 0.733. The van der Waals surface area contributed by atoms with Gasteiger partial charge in [0.05, 0.1) is 11.1 Å². The van der Waals surface area contributed by atoms with Crippen molar-refractivity contribution in [2.45, 2.75) is 31.6 Å². The van der Waals surface area contributed by atoms with E-state index < -0.39 is 10.0 Å². The van der Waals surface area contributed by atoms with Crippen LogP contribution in [-0.4, -0.2) is 18.6 Å². The van der Waals surface area contributed by atoms with E-state index >= 15 is 0 Å². The normalized spacial score (nSPS) is 11.5. The number of nitrogens with two attached hydrogens (primary N) is 1. The summed E-state index contributed by atoms with van der Waals surface area (Å²) < 4.78 is 27.4. The summed E-state index contributed by atoms with van der Waals surface area (Å²) in [6.07, 6.45) is 2.76. The molecule has 7 heteroatoms. The van der Waals surface area contributed by atoms with E-state index in [1.54, 1.807) is 12.1 Å². The second-order valence-electron chi connectivity index (χ2n) is 4.44. The third-order valence-electron chi connectivity index (χ3n) is 3.10. The van der Waals surface area contributed by atoms with Crippen LogP contribution < -0.4 is 10.5 Å². The fourth-order valence-electron chi connectivity index (χ4n) is 2.06. The van der Waals surface area contributed by atoms with Gasteiger partial charge in [-0.2, -0.15) is 5.10 Å². The molecule has 0 amide bonds. The van der Waals surface area contributed by atoms with Crippen molar-refractivity contribution < 1.29 is 8.42 Å². The average Bonchev–Trinajstić information content (AvgIpc) is 2.89. The third kappa shape index (κ3) is 2.77. The second kappa shape index (κ2) is 5.54. The molecule has 0 bridgehead atoms. The van der Waals surface area contributed by atoms with Crippen LogP contribution in [0.15, 0.2) is 29.3 Å². The number of rotatable bonds is 5. The molecule has 0 unspecified atom stereocenters. The molecule has 0 fully saturated rings. The molecule has 0 saturated heterocycles. The number of aromatic amines is 1. The number of hydrogen-bond donors (Lipinski definition) is 3. The predicted octanol–water partition coefficient (Wildman–Crippen LogP) is 1.92. The molecule has 0 aliphatic heterocycles. The van der Waals surface area contributed by atoms with E-state index in [2.05, 4.69) is 14.9 Å².